The zero-order chi connectivity index (χ0) is 12.7. The van der Waals surface area contributed by atoms with Crippen LogP contribution in [0.5, 0.6) is 0 Å². The molecule has 1 atom stereocenters. The number of hydrogen-bond acceptors (Lipinski definition) is 1. The Balaban J connectivity index is 2.77. The van der Waals surface area contributed by atoms with Crippen LogP contribution >= 0.6 is 0 Å². The topological polar surface area (TPSA) is 12.0 Å². The van der Waals surface area contributed by atoms with Gasteiger partial charge in [-0.25, -0.2) is 8.78 Å². The van der Waals surface area contributed by atoms with Gasteiger partial charge >= 0.3 is 0 Å². The fourth-order valence-electron chi connectivity index (χ4n) is 2.00. The average Bonchev–Trinajstić information content (AvgIpc) is 2.32. The zero-order valence-electron chi connectivity index (χ0n) is 10.6. The van der Waals surface area contributed by atoms with Gasteiger partial charge in [0.05, 0.1) is 0 Å². The van der Waals surface area contributed by atoms with E-state index in [1.54, 1.807) is 12.1 Å². The maximum atomic E-state index is 13.7. The summed E-state index contributed by atoms with van der Waals surface area (Å²) >= 11 is 0. The molecule has 0 aliphatic rings. The number of rotatable bonds is 7. The van der Waals surface area contributed by atoms with Crippen molar-refractivity contribution in [3.63, 3.8) is 0 Å². The van der Waals surface area contributed by atoms with E-state index in [0.717, 1.165) is 38.3 Å². The maximum absolute atomic E-state index is 13.7. The van der Waals surface area contributed by atoms with Gasteiger partial charge in [-0.2, -0.15) is 0 Å². The molecule has 0 radical (unpaired) electrons. The Bertz CT molecular complexity index is 339. The van der Waals surface area contributed by atoms with Gasteiger partial charge in [-0.05, 0) is 19.0 Å². The molecule has 0 fully saturated rings. The number of unbranched alkanes of at least 4 members (excludes halogenated alkanes) is 2. The predicted octanol–water partition coefficient (Wildman–Crippen LogP) is 4.20. The van der Waals surface area contributed by atoms with Crippen molar-refractivity contribution in [2.45, 2.75) is 45.6 Å². The fourth-order valence-corrected chi connectivity index (χ4v) is 2.00. The van der Waals surface area contributed by atoms with E-state index in [1.165, 1.54) is 0 Å². The summed E-state index contributed by atoms with van der Waals surface area (Å²) in [6.45, 7) is 4.86. The summed E-state index contributed by atoms with van der Waals surface area (Å²) in [4.78, 5) is 0. The first-order valence-corrected chi connectivity index (χ1v) is 6.38. The monoisotopic (exact) mass is 241 g/mol. The van der Waals surface area contributed by atoms with Crippen LogP contribution in [0.15, 0.2) is 18.2 Å². The third-order valence-electron chi connectivity index (χ3n) is 2.90. The number of halogens is 2. The lowest BCUT2D eigenvalue weighted by Crippen LogP contribution is -2.22. The van der Waals surface area contributed by atoms with Crippen molar-refractivity contribution in [1.82, 2.24) is 5.32 Å². The Morgan fingerprint density at radius 1 is 1.18 bits per heavy atom. The van der Waals surface area contributed by atoms with Crippen molar-refractivity contribution in [3.05, 3.63) is 35.4 Å². The first kappa shape index (κ1) is 14.1. The Labute approximate surface area is 102 Å². The minimum atomic E-state index is -0.763. The molecule has 1 rings (SSSR count). The van der Waals surface area contributed by atoms with E-state index in [2.05, 4.69) is 12.2 Å². The van der Waals surface area contributed by atoms with Crippen molar-refractivity contribution in [1.29, 1.82) is 0 Å². The maximum Gasteiger partial charge on any atom is 0.163 e. The lowest BCUT2D eigenvalue weighted by molar-refractivity contribution is 0.441. The molecule has 1 nitrogen and oxygen atoms in total. The van der Waals surface area contributed by atoms with Gasteiger partial charge in [0.1, 0.15) is 0 Å². The Hall–Kier alpha value is -0.960. The van der Waals surface area contributed by atoms with Gasteiger partial charge in [0.25, 0.3) is 0 Å². The predicted molar refractivity (Wildman–Crippen MR) is 66.9 cm³/mol. The summed E-state index contributed by atoms with van der Waals surface area (Å²) in [7, 11) is 0. The Morgan fingerprint density at radius 3 is 2.59 bits per heavy atom. The molecule has 17 heavy (non-hydrogen) atoms. The van der Waals surface area contributed by atoms with Gasteiger partial charge in [0, 0.05) is 11.6 Å². The fraction of sp³-hybridized carbons (Fsp3) is 0.571. The van der Waals surface area contributed by atoms with Crippen LogP contribution in [-0.2, 0) is 0 Å². The second-order valence-electron chi connectivity index (χ2n) is 4.25. The van der Waals surface area contributed by atoms with Gasteiger partial charge in [-0.15, -0.1) is 0 Å². The van der Waals surface area contributed by atoms with Gasteiger partial charge < -0.3 is 5.32 Å². The second-order valence-corrected chi connectivity index (χ2v) is 4.25. The first-order chi connectivity index (χ1) is 8.20. The molecule has 0 saturated carbocycles. The quantitative estimate of drug-likeness (QED) is 0.706. The second kappa shape index (κ2) is 7.38. The third-order valence-corrected chi connectivity index (χ3v) is 2.90. The summed E-state index contributed by atoms with van der Waals surface area (Å²) in [5.41, 5.74) is 0.447. The van der Waals surface area contributed by atoms with Crippen molar-refractivity contribution in [2.24, 2.45) is 0 Å². The highest BCUT2D eigenvalue weighted by atomic mass is 19.2. The molecule has 0 bridgehead atoms. The molecule has 0 heterocycles. The molecule has 1 N–H and O–H groups in total. The zero-order valence-corrected chi connectivity index (χ0v) is 10.6. The van der Waals surface area contributed by atoms with E-state index in [4.69, 9.17) is 0 Å². The Morgan fingerprint density at radius 2 is 1.94 bits per heavy atom. The highest BCUT2D eigenvalue weighted by Crippen LogP contribution is 2.24. The lowest BCUT2D eigenvalue weighted by atomic mass is 9.99. The van der Waals surface area contributed by atoms with E-state index in [1.807, 2.05) is 6.92 Å². The van der Waals surface area contributed by atoms with E-state index in [-0.39, 0.29) is 6.04 Å². The molecule has 0 aliphatic heterocycles. The smallest absolute Gasteiger partial charge is 0.163 e. The first-order valence-electron chi connectivity index (χ1n) is 6.38. The molecule has 96 valence electrons. The molecule has 0 spiro atoms. The van der Waals surface area contributed by atoms with E-state index in [0.29, 0.717) is 5.56 Å². The summed E-state index contributed by atoms with van der Waals surface area (Å²) in [6, 6.07) is 4.31. The standard InChI is InChI=1S/C14H21F2N/c1-3-5-6-10-13(17-4-2)11-8-7-9-12(15)14(11)16/h7-9,13,17H,3-6,10H2,1-2H3. The highest BCUT2D eigenvalue weighted by Gasteiger charge is 2.16. The minimum Gasteiger partial charge on any atom is -0.310 e. The highest BCUT2D eigenvalue weighted by molar-refractivity contribution is 5.22. The molecular formula is C14H21F2N. The average molecular weight is 241 g/mol. The van der Waals surface area contributed by atoms with Crippen LogP contribution in [0.1, 0.15) is 51.1 Å². The van der Waals surface area contributed by atoms with Gasteiger partial charge in [-0.1, -0.05) is 45.2 Å². The van der Waals surface area contributed by atoms with Gasteiger partial charge in [0.2, 0.25) is 0 Å². The van der Waals surface area contributed by atoms with Gasteiger partial charge in [0.15, 0.2) is 11.6 Å². The van der Waals surface area contributed by atoms with Crippen LogP contribution in [0, 0.1) is 11.6 Å². The lowest BCUT2D eigenvalue weighted by Gasteiger charge is -2.19. The summed E-state index contributed by atoms with van der Waals surface area (Å²) in [5, 5.41) is 3.22. The third kappa shape index (κ3) is 4.08. The van der Waals surface area contributed by atoms with E-state index >= 15 is 0 Å². The van der Waals surface area contributed by atoms with Crippen LogP contribution < -0.4 is 5.32 Å². The van der Waals surface area contributed by atoms with E-state index < -0.39 is 11.6 Å². The number of hydrogen-bond donors (Lipinski definition) is 1. The summed E-state index contributed by atoms with van der Waals surface area (Å²) in [6.07, 6.45) is 4.13. The van der Waals surface area contributed by atoms with Crippen LogP contribution in [0.4, 0.5) is 8.78 Å². The Kier molecular flexibility index (Phi) is 6.12. The van der Waals surface area contributed by atoms with E-state index in [9.17, 15) is 8.78 Å². The van der Waals surface area contributed by atoms with Crippen molar-refractivity contribution in [2.75, 3.05) is 6.54 Å². The molecule has 0 amide bonds. The molecule has 1 aromatic carbocycles. The molecule has 3 heteroatoms. The van der Waals surface area contributed by atoms with Crippen molar-refractivity contribution >= 4 is 0 Å². The van der Waals surface area contributed by atoms with Crippen molar-refractivity contribution in [3.8, 4) is 0 Å². The largest absolute Gasteiger partial charge is 0.310 e. The SMILES string of the molecule is CCCCCC(NCC)c1cccc(F)c1F. The van der Waals surface area contributed by atoms with Crippen LogP contribution in [-0.4, -0.2) is 6.54 Å². The van der Waals surface area contributed by atoms with Crippen LogP contribution in [0.25, 0.3) is 0 Å². The van der Waals surface area contributed by atoms with Crippen LogP contribution in [0.2, 0.25) is 0 Å². The summed E-state index contributed by atoms with van der Waals surface area (Å²) in [5.74, 6) is -1.48. The molecule has 1 aromatic rings. The molecule has 0 aromatic heterocycles. The van der Waals surface area contributed by atoms with Crippen LogP contribution in [0.3, 0.4) is 0 Å². The number of nitrogens with one attached hydrogen (secondary N) is 1. The molecular weight excluding hydrogens is 220 g/mol. The minimum absolute atomic E-state index is 0.0813. The summed E-state index contributed by atoms with van der Waals surface area (Å²) < 4.78 is 26.8. The normalized spacial score (nSPS) is 12.7. The molecule has 1 unspecified atom stereocenters. The molecule has 0 saturated heterocycles. The van der Waals surface area contributed by atoms with Gasteiger partial charge in [-0.3, -0.25) is 0 Å². The molecule has 0 aliphatic carbocycles. The number of benzene rings is 1. The van der Waals surface area contributed by atoms with Crippen molar-refractivity contribution < 1.29 is 8.78 Å².